The number of aliphatic carboxylic acids is 1. The maximum Gasteiger partial charge on any atom is 0.306 e. The molecular formula is C11H20O4. The van der Waals surface area contributed by atoms with Crippen molar-refractivity contribution in [2.45, 2.75) is 51.9 Å². The highest BCUT2D eigenvalue weighted by molar-refractivity contribution is 5.76. The third-order valence-corrected chi connectivity index (χ3v) is 2.05. The van der Waals surface area contributed by atoms with Crippen LogP contribution in [0, 0.1) is 0 Å². The lowest BCUT2D eigenvalue weighted by molar-refractivity contribution is -0.147. The van der Waals surface area contributed by atoms with E-state index in [1.165, 1.54) is 19.3 Å². The largest absolute Gasteiger partial charge is 0.481 e. The summed E-state index contributed by atoms with van der Waals surface area (Å²) in [5.74, 6) is -1.37. The highest BCUT2D eigenvalue weighted by atomic mass is 16.5. The molecule has 0 bridgehead atoms. The number of rotatable bonds is 9. The minimum atomic E-state index is -0.963. The van der Waals surface area contributed by atoms with Gasteiger partial charge in [0.2, 0.25) is 0 Å². The molecule has 0 atom stereocenters. The predicted octanol–water partition coefficient (Wildman–Crippen LogP) is 2.36. The van der Waals surface area contributed by atoms with Crippen LogP contribution in [-0.4, -0.2) is 23.7 Å². The molecule has 0 aliphatic heterocycles. The van der Waals surface area contributed by atoms with E-state index in [-0.39, 0.29) is 12.8 Å². The zero-order valence-electron chi connectivity index (χ0n) is 9.33. The number of carbonyl (C=O) groups is 2. The van der Waals surface area contributed by atoms with Crippen molar-refractivity contribution in [1.29, 1.82) is 0 Å². The standard InChI is InChI=1S/C11H20O4/c1-2-3-4-5-6-9-15-11(14)8-7-10(12)13/h2-9H2,1H3,(H,12,13). The third-order valence-electron chi connectivity index (χ3n) is 2.05. The number of unbranched alkanes of at least 4 members (excludes halogenated alkanes) is 4. The molecule has 0 spiro atoms. The summed E-state index contributed by atoms with van der Waals surface area (Å²) in [6.45, 7) is 2.56. The second kappa shape index (κ2) is 9.49. The summed E-state index contributed by atoms with van der Waals surface area (Å²) in [7, 11) is 0. The molecule has 0 aromatic heterocycles. The van der Waals surface area contributed by atoms with Gasteiger partial charge in [-0.25, -0.2) is 0 Å². The highest BCUT2D eigenvalue weighted by Gasteiger charge is 2.05. The summed E-state index contributed by atoms with van der Waals surface area (Å²) in [6.07, 6.45) is 5.35. The van der Waals surface area contributed by atoms with Crippen LogP contribution in [0.15, 0.2) is 0 Å². The molecule has 0 fully saturated rings. The van der Waals surface area contributed by atoms with E-state index in [2.05, 4.69) is 6.92 Å². The number of hydrogen-bond donors (Lipinski definition) is 1. The molecule has 88 valence electrons. The van der Waals surface area contributed by atoms with Crippen LogP contribution in [0.1, 0.15) is 51.9 Å². The van der Waals surface area contributed by atoms with Crippen LogP contribution in [0.4, 0.5) is 0 Å². The van der Waals surface area contributed by atoms with Crippen molar-refractivity contribution < 1.29 is 19.4 Å². The van der Waals surface area contributed by atoms with E-state index in [1.807, 2.05) is 0 Å². The quantitative estimate of drug-likeness (QED) is 0.474. The summed E-state index contributed by atoms with van der Waals surface area (Å²) in [6, 6.07) is 0. The van der Waals surface area contributed by atoms with Crippen molar-refractivity contribution in [3.8, 4) is 0 Å². The van der Waals surface area contributed by atoms with Crippen LogP contribution in [0.25, 0.3) is 0 Å². The Kier molecular flexibility index (Phi) is 8.82. The Hall–Kier alpha value is -1.06. The van der Waals surface area contributed by atoms with Crippen molar-refractivity contribution in [3.05, 3.63) is 0 Å². The van der Waals surface area contributed by atoms with Crippen LogP contribution in [-0.2, 0) is 14.3 Å². The van der Waals surface area contributed by atoms with Gasteiger partial charge >= 0.3 is 11.9 Å². The van der Waals surface area contributed by atoms with Gasteiger partial charge in [-0.1, -0.05) is 32.6 Å². The van der Waals surface area contributed by atoms with Crippen LogP contribution >= 0.6 is 0 Å². The summed E-state index contributed by atoms with van der Waals surface area (Å²) in [4.78, 5) is 21.1. The van der Waals surface area contributed by atoms with Gasteiger partial charge in [-0.2, -0.15) is 0 Å². The van der Waals surface area contributed by atoms with E-state index in [4.69, 9.17) is 9.84 Å². The van der Waals surface area contributed by atoms with Crippen molar-refractivity contribution in [3.63, 3.8) is 0 Å². The first-order chi connectivity index (χ1) is 7.16. The summed E-state index contributed by atoms with van der Waals surface area (Å²) in [5, 5.41) is 8.32. The molecule has 0 aromatic carbocycles. The summed E-state index contributed by atoms with van der Waals surface area (Å²) < 4.78 is 4.87. The Morgan fingerprint density at radius 1 is 1.07 bits per heavy atom. The summed E-state index contributed by atoms with van der Waals surface area (Å²) >= 11 is 0. The second-order valence-corrected chi connectivity index (χ2v) is 3.53. The molecule has 0 radical (unpaired) electrons. The first-order valence-electron chi connectivity index (χ1n) is 5.54. The average molecular weight is 216 g/mol. The SMILES string of the molecule is CCCCCCCOC(=O)CCC(=O)O. The van der Waals surface area contributed by atoms with Gasteiger partial charge in [0, 0.05) is 0 Å². The normalized spacial score (nSPS) is 9.93. The zero-order valence-corrected chi connectivity index (χ0v) is 9.33. The zero-order chi connectivity index (χ0) is 11.5. The Balaban J connectivity index is 3.20. The van der Waals surface area contributed by atoms with Crippen molar-refractivity contribution in [2.75, 3.05) is 6.61 Å². The van der Waals surface area contributed by atoms with Crippen LogP contribution in [0.2, 0.25) is 0 Å². The molecule has 0 aromatic rings. The Morgan fingerprint density at radius 3 is 2.33 bits per heavy atom. The topological polar surface area (TPSA) is 63.6 Å². The lowest BCUT2D eigenvalue weighted by Crippen LogP contribution is -2.08. The number of carboxylic acids is 1. The first-order valence-corrected chi connectivity index (χ1v) is 5.54. The minimum absolute atomic E-state index is 0.0235. The molecule has 4 nitrogen and oxygen atoms in total. The van der Waals surface area contributed by atoms with E-state index in [9.17, 15) is 9.59 Å². The molecule has 0 saturated heterocycles. The average Bonchev–Trinajstić information content (AvgIpc) is 2.20. The molecule has 0 aliphatic carbocycles. The fourth-order valence-electron chi connectivity index (χ4n) is 1.17. The lowest BCUT2D eigenvalue weighted by atomic mass is 10.2. The van der Waals surface area contributed by atoms with Gasteiger partial charge in [-0.05, 0) is 6.42 Å². The third kappa shape index (κ3) is 10.9. The van der Waals surface area contributed by atoms with E-state index < -0.39 is 11.9 Å². The molecule has 0 rings (SSSR count). The lowest BCUT2D eigenvalue weighted by Gasteiger charge is -2.03. The van der Waals surface area contributed by atoms with Crippen molar-refractivity contribution >= 4 is 11.9 Å². The molecule has 0 amide bonds. The second-order valence-electron chi connectivity index (χ2n) is 3.53. The van der Waals surface area contributed by atoms with Crippen LogP contribution in [0.3, 0.4) is 0 Å². The monoisotopic (exact) mass is 216 g/mol. The van der Waals surface area contributed by atoms with Gasteiger partial charge in [0.1, 0.15) is 0 Å². The Morgan fingerprint density at radius 2 is 1.73 bits per heavy atom. The fourth-order valence-corrected chi connectivity index (χ4v) is 1.17. The Bertz CT molecular complexity index is 189. The van der Waals surface area contributed by atoms with Gasteiger partial charge in [0.25, 0.3) is 0 Å². The summed E-state index contributed by atoms with van der Waals surface area (Å²) in [5.41, 5.74) is 0. The molecule has 0 unspecified atom stereocenters. The maximum atomic E-state index is 11.0. The van der Waals surface area contributed by atoms with Gasteiger partial charge < -0.3 is 9.84 Å². The molecule has 0 heterocycles. The molecule has 15 heavy (non-hydrogen) atoms. The molecule has 0 aliphatic rings. The van der Waals surface area contributed by atoms with E-state index in [0.717, 1.165) is 12.8 Å². The van der Waals surface area contributed by atoms with E-state index in [1.54, 1.807) is 0 Å². The van der Waals surface area contributed by atoms with Gasteiger partial charge in [0.05, 0.1) is 19.4 Å². The van der Waals surface area contributed by atoms with Gasteiger partial charge in [-0.15, -0.1) is 0 Å². The molecule has 1 N–H and O–H groups in total. The number of carboxylic acid groups (broad SMARTS) is 1. The van der Waals surface area contributed by atoms with Gasteiger partial charge in [-0.3, -0.25) is 9.59 Å². The predicted molar refractivity (Wildman–Crippen MR) is 56.6 cm³/mol. The molecular weight excluding hydrogens is 196 g/mol. The maximum absolute atomic E-state index is 11.0. The van der Waals surface area contributed by atoms with Crippen LogP contribution in [0.5, 0.6) is 0 Å². The fraction of sp³-hybridized carbons (Fsp3) is 0.818. The molecule has 0 saturated carbocycles. The number of esters is 1. The Labute approximate surface area is 90.6 Å². The van der Waals surface area contributed by atoms with Crippen LogP contribution < -0.4 is 0 Å². The molecule has 4 heteroatoms. The number of hydrogen-bond acceptors (Lipinski definition) is 3. The number of ether oxygens (including phenoxy) is 1. The van der Waals surface area contributed by atoms with Crippen molar-refractivity contribution in [1.82, 2.24) is 0 Å². The first kappa shape index (κ1) is 13.9. The smallest absolute Gasteiger partial charge is 0.306 e. The van der Waals surface area contributed by atoms with E-state index in [0.29, 0.717) is 6.61 Å². The minimum Gasteiger partial charge on any atom is -0.481 e. The number of carbonyl (C=O) groups excluding carboxylic acids is 1. The van der Waals surface area contributed by atoms with Crippen molar-refractivity contribution in [2.24, 2.45) is 0 Å². The highest BCUT2D eigenvalue weighted by Crippen LogP contribution is 2.03. The van der Waals surface area contributed by atoms with E-state index >= 15 is 0 Å². The van der Waals surface area contributed by atoms with Gasteiger partial charge in [0.15, 0.2) is 0 Å².